The van der Waals surface area contributed by atoms with E-state index in [0.29, 0.717) is 17.7 Å². The molecule has 1 aromatic rings. The molecule has 2 rings (SSSR count). The Morgan fingerprint density at radius 1 is 1.50 bits per heavy atom. The van der Waals surface area contributed by atoms with Gasteiger partial charge in [-0.2, -0.15) is 0 Å². The molecule has 1 amide bonds. The van der Waals surface area contributed by atoms with Crippen LogP contribution in [0.2, 0.25) is 0 Å². The monoisotopic (exact) mass is 278 g/mol. The Kier molecular flexibility index (Phi) is 5.24. The highest BCUT2D eigenvalue weighted by Gasteiger charge is 2.31. The first-order chi connectivity index (χ1) is 9.67. The van der Waals surface area contributed by atoms with Gasteiger partial charge >= 0.3 is 0 Å². The van der Waals surface area contributed by atoms with Crippen LogP contribution in [0.1, 0.15) is 49.2 Å². The van der Waals surface area contributed by atoms with E-state index in [2.05, 4.69) is 19.2 Å². The number of rotatable bonds is 5. The number of nitrogens with zero attached hydrogens (tertiary/aromatic N) is 1. The molecule has 1 saturated heterocycles. The molecule has 0 spiro atoms. The summed E-state index contributed by atoms with van der Waals surface area (Å²) in [6.45, 7) is 9.02. The van der Waals surface area contributed by atoms with Gasteiger partial charge in [0.15, 0.2) is 5.76 Å². The lowest BCUT2D eigenvalue weighted by molar-refractivity contribution is 0.0594. The molecule has 2 unspecified atom stereocenters. The number of aryl methyl sites for hydroxylation is 1. The van der Waals surface area contributed by atoms with E-state index in [1.165, 1.54) is 0 Å². The zero-order chi connectivity index (χ0) is 14.5. The van der Waals surface area contributed by atoms with E-state index in [0.717, 1.165) is 44.5 Å². The Morgan fingerprint density at radius 3 is 2.90 bits per heavy atom. The number of hydrogen-bond donors (Lipinski definition) is 1. The van der Waals surface area contributed by atoms with E-state index in [9.17, 15) is 4.79 Å². The van der Waals surface area contributed by atoms with Gasteiger partial charge in [-0.3, -0.25) is 4.79 Å². The lowest BCUT2D eigenvalue weighted by atomic mass is 9.89. The first-order valence-corrected chi connectivity index (χ1v) is 7.74. The molecule has 20 heavy (non-hydrogen) atoms. The predicted molar refractivity (Wildman–Crippen MR) is 79.8 cm³/mol. The number of carbonyl (C=O) groups excluding carboxylic acids is 1. The van der Waals surface area contributed by atoms with Crippen LogP contribution in [0.4, 0.5) is 0 Å². The molecule has 0 bridgehead atoms. The molecule has 0 aliphatic carbocycles. The number of nitrogens with one attached hydrogen (secondary N) is 1. The van der Waals surface area contributed by atoms with Crippen molar-refractivity contribution in [3.05, 3.63) is 23.7 Å². The van der Waals surface area contributed by atoms with Crippen LogP contribution in [0.15, 0.2) is 16.7 Å². The summed E-state index contributed by atoms with van der Waals surface area (Å²) in [6, 6.07) is 2.39. The van der Waals surface area contributed by atoms with Gasteiger partial charge in [0.05, 0.1) is 6.26 Å². The van der Waals surface area contributed by atoms with Crippen LogP contribution in [-0.2, 0) is 0 Å². The van der Waals surface area contributed by atoms with Crippen molar-refractivity contribution in [1.82, 2.24) is 10.2 Å². The molecule has 2 atom stereocenters. The van der Waals surface area contributed by atoms with E-state index >= 15 is 0 Å². The molecule has 1 aliphatic heterocycles. The summed E-state index contributed by atoms with van der Waals surface area (Å²) in [5.41, 5.74) is 0.925. The van der Waals surface area contributed by atoms with E-state index in [4.69, 9.17) is 4.42 Å². The molecule has 1 fully saturated rings. The molecular weight excluding hydrogens is 252 g/mol. The third-order valence-electron chi connectivity index (χ3n) is 4.26. The van der Waals surface area contributed by atoms with Crippen molar-refractivity contribution in [2.45, 2.75) is 46.1 Å². The van der Waals surface area contributed by atoms with Crippen molar-refractivity contribution in [3.8, 4) is 0 Å². The Bertz CT molecular complexity index is 441. The van der Waals surface area contributed by atoms with E-state index < -0.39 is 0 Å². The number of likely N-dealkylation sites (tertiary alicyclic amines) is 1. The second-order valence-corrected chi connectivity index (χ2v) is 5.70. The smallest absolute Gasteiger partial charge is 0.289 e. The van der Waals surface area contributed by atoms with Gasteiger partial charge in [-0.15, -0.1) is 0 Å². The van der Waals surface area contributed by atoms with E-state index in [1.807, 2.05) is 17.9 Å². The zero-order valence-electron chi connectivity index (χ0n) is 12.8. The van der Waals surface area contributed by atoms with Crippen LogP contribution in [0, 0.1) is 12.8 Å². The molecule has 0 aromatic carbocycles. The van der Waals surface area contributed by atoms with Crippen molar-refractivity contribution in [1.29, 1.82) is 0 Å². The highest BCUT2D eigenvalue weighted by molar-refractivity contribution is 5.92. The fourth-order valence-electron chi connectivity index (χ4n) is 2.96. The third-order valence-corrected chi connectivity index (χ3v) is 4.26. The van der Waals surface area contributed by atoms with Crippen molar-refractivity contribution >= 4 is 5.91 Å². The minimum Gasteiger partial charge on any atom is -0.459 e. The lowest BCUT2D eigenvalue weighted by Crippen LogP contribution is -2.51. The maximum absolute atomic E-state index is 12.5. The summed E-state index contributed by atoms with van der Waals surface area (Å²) in [6.07, 6.45) is 4.88. The van der Waals surface area contributed by atoms with Crippen LogP contribution in [0.5, 0.6) is 0 Å². The summed E-state index contributed by atoms with van der Waals surface area (Å²) < 4.78 is 5.33. The zero-order valence-corrected chi connectivity index (χ0v) is 12.8. The van der Waals surface area contributed by atoms with Gasteiger partial charge in [-0.05, 0) is 38.3 Å². The SMILES string of the molecule is CCCNC1CCN(C(=O)c2occc2C)CC1CC. The van der Waals surface area contributed by atoms with Gasteiger partial charge in [0.2, 0.25) is 0 Å². The van der Waals surface area contributed by atoms with E-state index in [1.54, 1.807) is 6.26 Å². The van der Waals surface area contributed by atoms with Gasteiger partial charge in [0.1, 0.15) is 0 Å². The van der Waals surface area contributed by atoms with Crippen LogP contribution in [0.3, 0.4) is 0 Å². The minimum atomic E-state index is 0.0416. The summed E-state index contributed by atoms with van der Waals surface area (Å²) >= 11 is 0. The average molecular weight is 278 g/mol. The fourth-order valence-corrected chi connectivity index (χ4v) is 2.96. The first-order valence-electron chi connectivity index (χ1n) is 7.74. The summed E-state index contributed by atoms with van der Waals surface area (Å²) in [5.74, 6) is 1.08. The van der Waals surface area contributed by atoms with Gasteiger partial charge in [-0.1, -0.05) is 20.3 Å². The van der Waals surface area contributed by atoms with Gasteiger partial charge < -0.3 is 14.6 Å². The molecule has 1 N–H and O–H groups in total. The molecule has 1 aromatic heterocycles. The van der Waals surface area contributed by atoms with Crippen molar-refractivity contribution < 1.29 is 9.21 Å². The van der Waals surface area contributed by atoms with Crippen molar-refractivity contribution in [2.75, 3.05) is 19.6 Å². The molecule has 2 heterocycles. The second-order valence-electron chi connectivity index (χ2n) is 5.70. The van der Waals surface area contributed by atoms with Gasteiger partial charge in [0.25, 0.3) is 5.91 Å². The van der Waals surface area contributed by atoms with Crippen LogP contribution < -0.4 is 5.32 Å². The standard InChI is InChI=1S/C16H26N2O2/c1-4-8-17-14-6-9-18(11-13(14)5-2)16(19)15-12(3)7-10-20-15/h7,10,13-14,17H,4-6,8-9,11H2,1-3H3. The Hall–Kier alpha value is -1.29. The Morgan fingerprint density at radius 2 is 2.30 bits per heavy atom. The van der Waals surface area contributed by atoms with Gasteiger partial charge in [0, 0.05) is 24.7 Å². The maximum atomic E-state index is 12.5. The minimum absolute atomic E-state index is 0.0416. The Balaban J connectivity index is 1.99. The Labute approximate surface area is 121 Å². The molecule has 4 nitrogen and oxygen atoms in total. The summed E-state index contributed by atoms with van der Waals surface area (Å²) in [5, 5.41) is 3.62. The topological polar surface area (TPSA) is 45.5 Å². The van der Waals surface area contributed by atoms with Gasteiger partial charge in [-0.25, -0.2) is 0 Å². The molecule has 0 saturated carbocycles. The predicted octanol–water partition coefficient (Wildman–Crippen LogP) is 2.83. The lowest BCUT2D eigenvalue weighted by Gasteiger charge is -2.38. The van der Waals surface area contributed by atoms with Crippen molar-refractivity contribution in [3.63, 3.8) is 0 Å². The summed E-state index contributed by atoms with van der Waals surface area (Å²) in [7, 11) is 0. The molecule has 4 heteroatoms. The van der Waals surface area contributed by atoms with Crippen LogP contribution in [0.25, 0.3) is 0 Å². The number of furan rings is 1. The van der Waals surface area contributed by atoms with E-state index in [-0.39, 0.29) is 5.91 Å². The number of amides is 1. The van der Waals surface area contributed by atoms with Crippen LogP contribution in [-0.4, -0.2) is 36.5 Å². The third kappa shape index (κ3) is 3.23. The summed E-state index contributed by atoms with van der Waals surface area (Å²) in [4.78, 5) is 14.4. The number of hydrogen-bond acceptors (Lipinski definition) is 3. The fraction of sp³-hybridized carbons (Fsp3) is 0.688. The average Bonchev–Trinajstić information content (AvgIpc) is 2.90. The first kappa shape index (κ1) is 15.1. The highest BCUT2D eigenvalue weighted by atomic mass is 16.3. The molecule has 0 radical (unpaired) electrons. The van der Waals surface area contributed by atoms with Crippen LogP contribution >= 0.6 is 0 Å². The number of piperidine rings is 1. The largest absolute Gasteiger partial charge is 0.459 e. The molecule has 112 valence electrons. The maximum Gasteiger partial charge on any atom is 0.289 e. The quantitative estimate of drug-likeness (QED) is 0.901. The molecular formula is C16H26N2O2. The normalized spacial score (nSPS) is 23.1. The van der Waals surface area contributed by atoms with Crippen molar-refractivity contribution in [2.24, 2.45) is 5.92 Å². The second kappa shape index (κ2) is 6.93. The highest BCUT2D eigenvalue weighted by Crippen LogP contribution is 2.23. The molecule has 1 aliphatic rings. The number of carbonyl (C=O) groups is 1.